The molecule has 0 unspecified atom stereocenters. The summed E-state index contributed by atoms with van der Waals surface area (Å²) in [5.41, 5.74) is 0.908. The van der Waals surface area contributed by atoms with Crippen molar-refractivity contribution in [3.05, 3.63) is 58.9 Å². The third kappa shape index (κ3) is 3.11. The van der Waals surface area contributed by atoms with E-state index in [0.717, 1.165) is 11.8 Å². The lowest BCUT2D eigenvalue weighted by Crippen LogP contribution is -2.22. The maximum atomic E-state index is 12.9. The number of aliphatic carboxylic acids is 1. The van der Waals surface area contributed by atoms with E-state index in [1.54, 1.807) is 55.6 Å². The normalized spacial score (nSPS) is 10.7. The zero-order valence-electron chi connectivity index (χ0n) is 12.8. The Morgan fingerprint density at radius 2 is 1.92 bits per heavy atom. The van der Waals surface area contributed by atoms with Gasteiger partial charge in [-0.25, -0.2) is 4.98 Å². The fourth-order valence-corrected chi connectivity index (χ4v) is 3.03. The van der Waals surface area contributed by atoms with Gasteiger partial charge in [-0.3, -0.25) is 14.2 Å². The second-order valence-corrected chi connectivity index (χ2v) is 5.88. The van der Waals surface area contributed by atoms with Gasteiger partial charge in [0, 0.05) is 0 Å². The van der Waals surface area contributed by atoms with Crippen molar-refractivity contribution in [3.8, 4) is 11.4 Å². The summed E-state index contributed by atoms with van der Waals surface area (Å²) < 4.78 is 6.55. The van der Waals surface area contributed by atoms with Crippen molar-refractivity contribution in [3.63, 3.8) is 0 Å². The Balaban J connectivity index is 2.21. The summed E-state index contributed by atoms with van der Waals surface area (Å²) in [4.78, 5) is 28.2. The molecule has 0 aliphatic rings. The predicted octanol–water partition coefficient (Wildman–Crippen LogP) is 2.57. The number of fused-ring (bicyclic) bond motifs is 1. The molecule has 7 heteroatoms. The molecule has 0 radical (unpaired) electrons. The Morgan fingerprint density at radius 3 is 2.58 bits per heavy atom. The summed E-state index contributed by atoms with van der Waals surface area (Å²) >= 11 is 1.01. The maximum absolute atomic E-state index is 12.9. The molecule has 2 aromatic carbocycles. The number of ether oxygens (including phenoxy) is 1. The monoisotopic (exact) mass is 342 g/mol. The van der Waals surface area contributed by atoms with Crippen molar-refractivity contribution >= 4 is 28.6 Å². The van der Waals surface area contributed by atoms with Crippen molar-refractivity contribution in [2.24, 2.45) is 0 Å². The molecule has 3 rings (SSSR count). The summed E-state index contributed by atoms with van der Waals surface area (Å²) in [6, 6.07) is 14.0. The van der Waals surface area contributed by atoms with E-state index < -0.39 is 5.97 Å². The third-order valence-electron chi connectivity index (χ3n) is 3.40. The lowest BCUT2D eigenvalue weighted by molar-refractivity contribution is -0.133. The highest BCUT2D eigenvalue weighted by atomic mass is 32.2. The van der Waals surface area contributed by atoms with Gasteiger partial charge in [-0.15, -0.1) is 0 Å². The van der Waals surface area contributed by atoms with Crippen molar-refractivity contribution < 1.29 is 14.6 Å². The number of hydrogen-bond acceptors (Lipinski definition) is 5. The number of carboxylic acids is 1. The van der Waals surface area contributed by atoms with Crippen LogP contribution in [0.2, 0.25) is 0 Å². The van der Waals surface area contributed by atoms with E-state index >= 15 is 0 Å². The molecule has 1 aromatic heterocycles. The molecule has 0 amide bonds. The zero-order valence-corrected chi connectivity index (χ0v) is 13.6. The van der Waals surface area contributed by atoms with E-state index in [0.29, 0.717) is 27.5 Å². The summed E-state index contributed by atoms with van der Waals surface area (Å²) in [6.07, 6.45) is 0. The number of aromatic nitrogens is 2. The smallest absolute Gasteiger partial charge is 0.313 e. The average Bonchev–Trinajstić information content (AvgIpc) is 2.60. The number of rotatable bonds is 5. The molecule has 1 N–H and O–H groups in total. The van der Waals surface area contributed by atoms with Crippen molar-refractivity contribution in [2.45, 2.75) is 5.16 Å². The number of nitrogens with zero attached hydrogens (tertiary/aromatic N) is 2. The molecule has 0 saturated heterocycles. The fraction of sp³-hybridized carbons (Fsp3) is 0.118. The van der Waals surface area contributed by atoms with Crippen LogP contribution in [0.15, 0.2) is 58.5 Å². The van der Waals surface area contributed by atoms with Gasteiger partial charge in [-0.05, 0) is 36.4 Å². The van der Waals surface area contributed by atoms with Crippen LogP contribution >= 0.6 is 11.8 Å². The highest BCUT2D eigenvalue weighted by Gasteiger charge is 2.14. The van der Waals surface area contributed by atoms with Gasteiger partial charge in [0.15, 0.2) is 5.16 Å². The standard InChI is InChI=1S/C17H14N2O4S/c1-23-12-8-6-11(7-9-12)19-16(22)13-4-2-3-5-14(13)18-17(19)24-10-15(20)21/h2-9H,10H2,1H3,(H,20,21). The first-order valence-corrected chi connectivity index (χ1v) is 8.09. The first-order chi connectivity index (χ1) is 11.6. The molecule has 0 aliphatic heterocycles. The molecule has 0 bridgehead atoms. The Morgan fingerprint density at radius 1 is 1.21 bits per heavy atom. The van der Waals surface area contributed by atoms with Gasteiger partial charge >= 0.3 is 5.97 Å². The van der Waals surface area contributed by atoms with Gasteiger partial charge in [-0.1, -0.05) is 23.9 Å². The van der Waals surface area contributed by atoms with E-state index in [-0.39, 0.29) is 11.3 Å². The minimum Gasteiger partial charge on any atom is -0.497 e. The van der Waals surface area contributed by atoms with Gasteiger partial charge < -0.3 is 9.84 Å². The van der Waals surface area contributed by atoms with Crippen LogP contribution in [0.3, 0.4) is 0 Å². The van der Waals surface area contributed by atoms with Crippen LogP contribution in [-0.4, -0.2) is 33.5 Å². The van der Waals surface area contributed by atoms with Crippen LogP contribution in [-0.2, 0) is 4.79 Å². The van der Waals surface area contributed by atoms with Gasteiger partial charge in [0.2, 0.25) is 0 Å². The molecule has 0 atom stereocenters. The molecule has 0 spiro atoms. The molecule has 0 aliphatic carbocycles. The zero-order chi connectivity index (χ0) is 17.1. The summed E-state index contributed by atoms with van der Waals surface area (Å²) in [5, 5.41) is 9.75. The lowest BCUT2D eigenvalue weighted by Gasteiger charge is -2.13. The number of hydrogen-bond donors (Lipinski definition) is 1. The van der Waals surface area contributed by atoms with Crippen LogP contribution in [0.25, 0.3) is 16.6 Å². The molecule has 122 valence electrons. The molecule has 0 saturated carbocycles. The summed E-state index contributed by atoms with van der Waals surface area (Å²) in [7, 11) is 1.56. The van der Waals surface area contributed by atoms with Crippen molar-refractivity contribution in [1.82, 2.24) is 9.55 Å². The number of benzene rings is 2. The second kappa shape index (κ2) is 6.76. The first kappa shape index (κ1) is 16.1. The number of methoxy groups -OCH3 is 1. The topological polar surface area (TPSA) is 81.4 Å². The molecule has 24 heavy (non-hydrogen) atoms. The van der Waals surface area contributed by atoms with E-state index in [1.165, 1.54) is 4.57 Å². The van der Waals surface area contributed by atoms with Crippen molar-refractivity contribution in [1.29, 1.82) is 0 Å². The van der Waals surface area contributed by atoms with Crippen LogP contribution in [0, 0.1) is 0 Å². The fourth-order valence-electron chi connectivity index (χ4n) is 2.29. The molecule has 1 heterocycles. The molecular weight excluding hydrogens is 328 g/mol. The van der Waals surface area contributed by atoms with Gasteiger partial charge in [-0.2, -0.15) is 0 Å². The van der Waals surface area contributed by atoms with Gasteiger partial charge in [0.1, 0.15) is 5.75 Å². The Bertz CT molecular complexity index is 951. The van der Waals surface area contributed by atoms with E-state index in [1.807, 2.05) is 0 Å². The molecule has 3 aromatic rings. The summed E-state index contributed by atoms with van der Waals surface area (Å²) in [5.74, 6) is -0.482. The third-order valence-corrected chi connectivity index (χ3v) is 4.32. The van der Waals surface area contributed by atoms with E-state index in [9.17, 15) is 9.59 Å². The summed E-state index contributed by atoms with van der Waals surface area (Å²) in [6.45, 7) is 0. The van der Waals surface area contributed by atoms with Crippen LogP contribution in [0.1, 0.15) is 0 Å². The maximum Gasteiger partial charge on any atom is 0.313 e. The molecule has 6 nitrogen and oxygen atoms in total. The predicted molar refractivity (Wildman–Crippen MR) is 92.3 cm³/mol. The largest absolute Gasteiger partial charge is 0.497 e. The van der Waals surface area contributed by atoms with E-state index in [4.69, 9.17) is 9.84 Å². The minimum absolute atomic E-state index is 0.180. The number of carboxylic acid groups (broad SMARTS) is 1. The number of carbonyl (C=O) groups is 1. The SMILES string of the molecule is COc1ccc(-n2c(SCC(=O)O)nc3ccccc3c2=O)cc1. The van der Waals surface area contributed by atoms with E-state index in [2.05, 4.69) is 4.98 Å². The Labute approximate surface area is 141 Å². The van der Waals surface area contributed by atoms with Crippen LogP contribution < -0.4 is 10.3 Å². The first-order valence-electron chi connectivity index (χ1n) is 7.11. The van der Waals surface area contributed by atoms with Gasteiger partial charge in [0.05, 0.1) is 29.5 Å². The number of para-hydroxylation sites is 1. The quantitative estimate of drug-likeness (QED) is 0.567. The van der Waals surface area contributed by atoms with Crippen LogP contribution in [0.5, 0.6) is 5.75 Å². The molecule has 0 fully saturated rings. The Kier molecular flexibility index (Phi) is 4.52. The highest BCUT2D eigenvalue weighted by Crippen LogP contribution is 2.22. The second-order valence-electron chi connectivity index (χ2n) is 4.93. The van der Waals surface area contributed by atoms with Gasteiger partial charge in [0.25, 0.3) is 5.56 Å². The van der Waals surface area contributed by atoms with Crippen molar-refractivity contribution in [2.75, 3.05) is 12.9 Å². The highest BCUT2D eigenvalue weighted by molar-refractivity contribution is 7.99. The van der Waals surface area contributed by atoms with Crippen LogP contribution in [0.4, 0.5) is 0 Å². The minimum atomic E-state index is -0.969. The molecular formula is C17H14N2O4S. The Hall–Kier alpha value is -2.80. The number of thioether (sulfide) groups is 1. The lowest BCUT2D eigenvalue weighted by atomic mass is 10.2. The average molecular weight is 342 g/mol.